The van der Waals surface area contributed by atoms with Crippen LogP contribution in [-0.2, 0) is 17.6 Å². The molecule has 2 aliphatic rings. The van der Waals surface area contributed by atoms with E-state index >= 15 is 0 Å². The number of fused-ring (bicyclic) bond motifs is 1. The summed E-state index contributed by atoms with van der Waals surface area (Å²) >= 11 is 0. The third-order valence-corrected chi connectivity index (χ3v) is 4.05. The fourth-order valence-corrected chi connectivity index (χ4v) is 2.90. The lowest BCUT2D eigenvalue weighted by molar-refractivity contribution is -0.0167. The molecule has 3 rings (SSSR count). The summed E-state index contributed by atoms with van der Waals surface area (Å²) in [4.78, 5) is 0. The van der Waals surface area contributed by atoms with Crippen LogP contribution in [0.1, 0.15) is 30.9 Å². The second kappa shape index (κ2) is 5.93. The molecule has 2 atom stereocenters. The summed E-state index contributed by atoms with van der Waals surface area (Å²) in [6.07, 6.45) is 5.13. The molecule has 1 aliphatic carbocycles. The summed E-state index contributed by atoms with van der Waals surface area (Å²) in [7, 11) is 0. The predicted octanol–water partition coefficient (Wildman–Crippen LogP) is 2.32. The Morgan fingerprint density at radius 1 is 1.32 bits per heavy atom. The zero-order valence-electron chi connectivity index (χ0n) is 11.7. The molecule has 1 aromatic rings. The molecule has 19 heavy (non-hydrogen) atoms. The van der Waals surface area contributed by atoms with Gasteiger partial charge in [-0.15, -0.1) is 0 Å². The Hall–Kier alpha value is -1.06. The molecule has 1 fully saturated rings. The van der Waals surface area contributed by atoms with Crippen molar-refractivity contribution in [1.82, 2.24) is 5.32 Å². The molecule has 0 amide bonds. The van der Waals surface area contributed by atoms with Crippen LogP contribution in [0, 0.1) is 0 Å². The van der Waals surface area contributed by atoms with Crippen molar-refractivity contribution in [2.75, 3.05) is 19.8 Å². The summed E-state index contributed by atoms with van der Waals surface area (Å²) in [5, 5.41) is 3.43. The average molecular weight is 261 g/mol. The largest absolute Gasteiger partial charge is 0.491 e. The molecule has 104 valence electrons. The zero-order valence-corrected chi connectivity index (χ0v) is 11.7. The van der Waals surface area contributed by atoms with Crippen molar-refractivity contribution in [3.8, 4) is 5.75 Å². The van der Waals surface area contributed by atoms with Crippen LogP contribution >= 0.6 is 0 Å². The number of morpholine rings is 1. The Balaban J connectivity index is 1.61. The van der Waals surface area contributed by atoms with Crippen molar-refractivity contribution in [2.24, 2.45) is 0 Å². The molecule has 0 bridgehead atoms. The van der Waals surface area contributed by atoms with E-state index in [0.29, 0.717) is 12.6 Å². The van der Waals surface area contributed by atoms with Gasteiger partial charge in [0, 0.05) is 12.6 Å². The second-order valence-electron chi connectivity index (χ2n) is 5.68. The van der Waals surface area contributed by atoms with Gasteiger partial charge in [-0.05, 0) is 49.8 Å². The van der Waals surface area contributed by atoms with Crippen molar-refractivity contribution >= 4 is 0 Å². The minimum absolute atomic E-state index is 0.177. The van der Waals surface area contributed by atoms with Gasteiger partial charge in [-0.25, -0.2) is 0 Å². The molecule has 0 aromatic heterocycles. The molecule has 3 heteroatoms. The highest BCUT2D eigenvalue weighted by Crippen LogP contribution is 2.29. The maximum Gasteiger partial charge on any atom is 0.122 e. The normalized spacial score (nSPS) is 26.8. The first-order valence-electron chi connectivity index (χ1n) is 7.41. The maximum absolute atomic E-state index is 6.01. The zero-order chi connectivity index (χ0) is 13.1. The number of nitrogens with one attached hydrogen (secondary N) is 1. The third kappa shape index (κ3) is 3.10. The number of hydrogen-bond donors (Lipinski definition) is 1. The second-order valence-corrected chi connectivity index (χ2v) is 5.68. The maximum atomic E-state index is 6.01. The molecule has 1 aliphatic heterocycles. The summed E-state index contributed by atoms with van der Waals surface area (Å²) in [6, 6.07) is 6.91. The summed E-state index contributed by atoms with van der Waals surface area (Å²) < 4.78 is 11.8. The van der Waals surface area contributed by atoms with Crippen LogP contribution in [0.3, 0.4) is 0 Å². The Morgan fingerprint density at radius 3 is 3.05 bits per heavy atom. The Kier molecular flexibility index (Phi) is 4.04. The fourth-order valence-electron chi connectivity index (χ4n) is 2.90. The van der Waals surface area contributed by atoms with Gasteiger partial charge in [0.2, 0.25) is 0 Å². The number of ether oxygens (including phenoxy) is 2. The molecule has 0 radical (unpaired) electrons. The standard InChI is InChI=1S/C16H23NO2/c1-12-10-18-14(9-17-12)11-19-16-8-4-6-13-5-2-3-7-15(13)16/h4,6,8,12,14,17H,2-3,5,7,9-11H2,1H3. The van der Waals surface area contributed by atoms with E-state index in [4.69, 9.17) is 9.47 Å². The molecule has 1 N–H and O–H groups in total. The van der Waals surface area contributed by atoms with Gasteiger partial charge in [0.05, 0.1) is 6.61 Å². The molecule has 2 unspecified atom stereocenters. The van der Waals surface area contributed by atoms with Gasteiger partial charge in [0.25, 0.3) is 0 Å². The highest BCUT2D eigenvalue weighted by Gasteiger charge is 2.20. The molecule has 1 heterocycles. The fraction of sp³-hybridized carbons (Fsp3) is 0.625. The van der Waals surface area contributed by atoms with E-state index in [2.05, 4.69) is 30.4 Å². The first-order valence-corrected chi connectivity index (χ1v) is 7.41. The van der Waals surface area contributed by atoms with Crippen LogP contribution in [0.5, 0.6) is 5.75 Å². The highest BCUT2D eigenvalue weighted by molar-refractivity contribution is 5.41. The van der Waals surface area contributed by atoms with Gasteiger partial charge in [0.15, 0.2) is 0 Å². The first-order chi connectivity index (χ1) is 9.33. The quantitative estimate of drug-likeness (QED) is 0.906. The van der Waals surface area contributed by atoms with Gasteiger partial charge < -0.3 is 14.8 Å². The lowest BCUT2D eigenvalue weighted by Gasteiger charge is -2.28. The topological polar surface area (TPSA) is 30.5 Å². The van der Waals surface area contributed by atoms with Gasteiger partial charge in [-0.1, -0.05) is 12.1 Å². The minimum atomic E-state index is 0.177. The van der Waals surface area contributed by atoms with Crippen LogP contribution in [-0.4, -0.2) is 31.9 Å². The van der Waals surface area contributed by atoms with Crippen molar-refractivity contribution in [3.63, 3.8) is 0 Å². The predicted molar refractivity (Wildman–Crippen MR) is 75.8 cm³/mol. The molecule has 0 saturated carbocycles. The van der Waals surface area contributed by atoms with Crippen LogP contribution in [0.15, 0.2) is 18.2 Å². The van der Waals surface area contributed by atoms with Crippen LogP contribution in [0.2, 0.25) is 0 Å². The number of hydrogen-bond acceptors (Lipinski definition) is 3. The van der Waals surface area contributed by atoms with Crippen molar-refractivity contribution in [3.05, 3.63) is 29.3 Å². The van der Waals surface area contributed by atoms with Crippen LogP contribution < -0.4 is 10.1 Å². The summed E-state index contributed by atoms with van der Waals surface area (Å²) in [5.41, 5.74) is 2.89. The number of benzene rings is 1. The van der Waals surface area contributed by atoms with Gasteiger partial charge in [-0.3, -0.25) is 0 Å². The SMILES string of the molecule is CC1COC(COc2cccc3c2CCCC3)CN1. The van der Waals surface area contributed by atoms with E-state index in [0.717, 1.165) is 25.3 Å². The summed E-state index contributed by atoms with van der Waals surface area (Å²) in [5.74, 6) is 1.07. The minimum Gasteiger partial charge on any atom is -0.491 e. The molecule has 1 aromatic carbocycles. The smallest absolute Gasteiger partial charge is 0.122 e. The monoisotopic (exact) mass is 261 g/mol. The van der Waals surface area contributed by atoms with Gasteiger partial charge >= 0.3 is 0 Å². The molecule has 1 saturated heterocycles. The van der Waals surface area contributed by atoms with E-state index in [1.807, 2.05) is 0 Å². The van der Waals surface area contributed by atoms with E-state index in [1.54, 1.807) is 0 Å². The number of aryl methyl sites for hydroxylation is 1. The van der Waals surface area contributed by atoms with E-state index in [1.165, 1.54) is 30.4 Å². The number of rotatable bonds is 3. The Morgan fingerprint density at radius 2 is 2.21 bits per heavy atom. The summed E-state index contributed by atoms with van der Waals surface area (Å²) in [6.45, 7) is 4.46. The third-order valence-electron chi connectivity index (χ3n) is 4.05. The average Bonchev–Trinajstić information content (AvgIpc) is 2.47. The molecule has 0 spiro atoms. The van der Waals surface area contributed by atoms with E-state index < -0.39 is 0 Å². The van der Waals surface area contributed by atoms with Crippen molar-refractivity contribution in [1.29, 1.82) is 0 Å². The van der Waals surface area contributed by atoms with E-state index in [9.17, 15) is 0 Å². The van der Waals surface area contributed by atoms with Gasteiger partial charge in [-0.2, -0.15) is 0 Å². The van der Waals surface area contributed by atoms with Crippen LogP contribution in [0.25, 0.3) is 0 Å². The van der Waals surface area contributed by atoms with Crippen molar-refractivity contribution < 1.29 is 9.47 Å². The molecule has 3 nitrogen and oxygen atoms in total. The van der Waals surface area contributed by atoms with Crippen LogP contribution in [0.4, 0.5) is 0 Å². The highest BCUT2D eigenvalue weighted by atomic mass is 16.5. The lowest BCUT2D eigenvalue weighted by atomic mass is 9.91. The van der Waals surface area contributed by atoms with Crippen molar-refractivity contribution in [2.45, 2.75) is 44.8 Å². The first kappa shape index (κ1) is 12.9. The van der Waals surface area contributed by atoms with E-state index in [-0.39, 0.29) is 6.10 Å². The Labute approximate surface area is 115 Å². The van der Waals surface area contributed by atoms with Gasteiger partial charge in [0.1, 0.15) is 18.5 Å². The molecular formula is C16H23NO2. The Bertz CT molecular complexity index is 425. The molecular weight excluding hydrogens is 238 g/mol. The lowest BCUT2D eigenvalue weighted by Crippen LogP contribution is -2.46.